The molecule has 3 rings (SSSR count). The molecule has 0 aliphatic rings. The Morgan fingerprint density at radius 1 is 1.14 bits per heavy atom. The van der Waals surface area contributed by atoms with E-state index in [1.165, 1.54) is 6.20 Å². The van der Waals surface area contributed by atoms with Gasteiger partial charge in [-0.05, 0) is 24.3 Å². The maximum absolute atomic E-state index is 11.7. The Hall–Kier alpha value is -3.10. The molecule has 1 heterocycles. The van der Waals surface area contributed by atoms with Crippen LogP contribution in [0.4, 0.5) is 0 Å². The van der Waals surface area contributed by atoms with E-state index in [9.17, 15) is 4.79 Å². The van der Waals surface area contributed by atoms with Gasteiger partial charge in [0.25, 0.3) is 5.91 Å². The predicted molar refractivity (Wildman–Crippen MR) is 77.8 cm³/mol. The van der Waals surface area contributed by atoms with Crippen LogP contribution < -0.4 is 5.48 Å². The summed E-state index contributed by atoms with van der Waals surface area (Å²) >= 11 is 0. The first-order valence-corrected chi connectivity index (χ1v) is 6.26. The summed E-state index contributed by atoms with van der Waals surface area (Å²) < 4.78 is 0. The second-order valence-corrected chi connectivity index (χ2v) is 4.41. The number of hydrogen-bond acceptors (Lipinski definition) is 3. The van der Waals surface area contributed by atoms with Gasteiger partial charge in [-0.1, -0.05) is 30.0 Å². The molecule has 21 heavy (non-hydrogen) atoms. The van der Waals surface area contributed by atoms with Gasteiger partial charge in [-0.2, -0.15) is 5.10 Å². The van der Waals surface area contributed by atoms with Crippen LogP contribution in [0.25, 0.3) is 10.9 Å². The topological polar surface area (TPSA) is 78.0 Å². The molecule has 0 unspecified atom stereocenters. The average Bonchev–Trinajstić information content (AvgIpc) is 3.00. The van der Waals surface area contributed by atoms with Crippen molar-refractivity contribution in [1.29, 1.82) is 0 Å². The molecule has 1 amide bonds. The molecule has 0 radical (unpaired) electrons. The smallest absolute Gasteiger partial charge is 0.275 e. The fraction of sp³-hybridized carbons (Fsp3) is 0. The molecule has 0 atom stereocenters. The lowest BCUT2D eigenvalue weighted by Crippen LogP contribution is -2.18. The van der Waals surface area contributed by atoms with Gasteiger partial charge >= 0.3 is 0 Å². The van der Waals surface area contributed by atoms with Crippen LogP contribution in [0.15, 0.2) is 48.7 Å². The third-order valence-corrected chi connectivity index (χ3v) is 3.03. The van der Waals surface area contributed by atoms with Crippen molar-refractivity contribution >= 4 is 16.8 Å². The molecule has 3 N–H and O–H groups in total. The monoisotopic (exact) mass is 277 g/mol. The van der Waals surface area contributed by atoms with E-state index in [4.69, 9.17) is 5.21 Å². The number of fused-ring (bicyclic) bond motifs is 1. The van der Waals surface area contributed by atoms with Crippen molar-refractivity contribution in [2.75, 3.05) is 0 Å². The van der Waals surface area contributed by atoms with Crippen molar-refractivity contribution in [2.45, 2.75) is 0 Å². The first-order valence-electron chi connectivity index (χ1n) is 6.26. The third-order valence-electron chi connectivity index (χ3n) is 3.03. The van der Waals surface area contributed by atoms with Crippen molar-refractivity contribution in [2.24, 2.45) is 0 Å². The molecule has 102 valence electrons. The Morgan fingerprint density at radius 3 is 2.67 bits per heavy atom. The molecular formula is C16H11N3O2. The quantitative estimate of drug-likeness (QED) is 0.362. The summed E-state index contributed by atoms with van der Waals surface area (Å²) in [7, 11) is 0. The number of rotatable bonds is 1. The molecular weight excluding hydrogens is 266 g/mol. The number of aromatic amines is 1. The molecule has 0 fully saturated rings. The van der Waals surface area contributed by atoms with Crippen molar-refractivity contribution in [3.8, 4) is 11.8 Å². The van der Waals surface area contributed by atoms with Crippen LogP contribution in [0.3, 0.4) is 0 Å². The molecule has 0 bridgehead atoms. The number of hydrogen-bond donors (Lipinski definition) is 3. The molecule has 2 aromatic carbocycles. The molecule has 0 saturated carbocycles. The van der Waals surface area contributed by atoms with Gasteiger partial charge in [0.2, 0.25) is 0 Å². The normalized spacial score (nSPS) is 9.95. The van der Waals surface area contributed by atoms with Crippen molar-refractivity contribution in [3.63, 3.8) is 0 Å². The zero-order valence-electron chi connectivity index (χ0n) is 10.9. The summed E-state index contributed by atoms with van der Waals surface area (Å²) in [5.74, 6) is 5.43. The number of benzene rings is 2. The summed E-state index contributed by atoms with van der Waals surface area (Å²) in [6, 6.07) is 13.0. The maximum Gasteiger partial charge on any atom is 0.275 e. The van der Waals surface area contributed by atoms with E-state index >= 15 is 0 Å². The van der Waals surface area contributed by atoms with Gasteiger partial charge < -0.3 is 0 Å². The fourth-order valence-electron chi connectivity index (χ4n) is 2.04. The van der Waals surface area contributed by atoms with Crippen LogP contribution >= 0.6 is 0 Å². The van der Waals surface area contributed by atoms with E-state index in [1.54, 1.807) is 11.5 Å². The van der Waals surface area contributed by atoms with E-state index in [0.29, 0.717) is 22.0 Å². The zero-order chi connectivity index (χ0) is 14.7. The number of H-pyrrole nitrogens is 1. The highest BCUT2D eigenvalue weighted by atomic mass is 16.5. The third kappa shape index (κ3) is 2.61. The van der Waals surface area contributed by atoms with Crippen molar-refractivity contribution in [1.82, 2.24) is 15.7 Å². The largest absolute Gasteiger partial charge is 0.288 e. The zero-order valence-corrected chi connectivity index (χ0v) is 10.9. The highest BCUT2D eigenvalue weighted by molar-refractivity contribution is 6.06. The summed E-state index contributed by atoms with van der Waals surface area (Å²) in [5, 5.41) is 16.2. The summed E-state index contributed by atoms with van der Waals surface area (Å²) in [5.41, 5.74) is 4.19. The maximum atomic E-state index is 11.7. The van der Waals surface area contributed by atoms with Gasteiger partial charge in [-0.3, -0.25) is 15.1 Å². The van der Waals surface area contributed by atoms with Crippen LogP contribution in [-0.4, -0.2) is 21.3 Å². The SMILES string of the molecule is O=C(NO)c1cc(C#Cc2ccccc2)cc2[nH]ncc12. The second-order valence-electron chi connectivity index (χ2n) is 4.41. The van der Waals surface area contributed by atoms with Crippen LogP contribution in [0.2, 0.25) is 0 Å². The van der Waals surface area contributed by atoms with Crippen molar-refractivity contribution in [3.05, 3.63) is 65.4 Å². The molecule has 5 nitrogen and oxygen atoms in total. The fourth-order valence-corrected chi connectivity index (χ4v) is 2.04. The van der Waals surface area contributed by atoms with E-state index in [1.807, 2.05) is 36.4 Å². The van der Waals surface area contributed by atoms with Gasteiger partial charge in [0, 0.05) is 16.5 Å². The minimum Gasteiger partial charge on any atom is -0.288 e. The highest BCUT2D eigenvalue weighted by Crippen LogP contribution is 2.18. The number of amides is 1. The standard InChI is InChI=1S/C16H11N3O2/c20-16(19-21)13-8-12(9-15-14(13)10-17-18-15)7-6-11-4-2-1-3-5-11/h1-5,8-10,21H,(H,17,18)(H,19,20). The number of aromatic nitrogens is 2. The predicted octanol–water partition coefficient (Wildman–Crippen LogP) is 2.08. The Labute approximate surface area is 120 Å². The van der Waals surface area contributed by atoms with Crippen LogP contribution in [0.1, 0.15) is 21.5 Å². The number of carbonyl (C=O) groups excluding carboxylic acids is 1. The number of hydroxylamine groups is 1. The molecule has 0 saturated heterocycles. The van der Waals surface area contributed by atoms with Gasteiger partial charge in [0.15, 0.2) is 0 Å². The van der Waals surface area contributed by atoms with Crippen LogP contribution in [0, 0.1) is 11.8 Å². The van der Waals surface area contributed by atoms with E-state index < -0.39 is 5.91 Å². The Morgan fingerprint density at radius 2 is 1.90 bits per heavy atom. The average molecular weight is 277 g/mol. The van der Waals surface area contributed by atoms with Crippen LogP contribution in [-0.2, 0) is 0 Å². The van der Waals surface area contributed by atoms with Gasteiger partial charge in [0.1, 0.15) is 0 Å². The van der Waals surface area contributed by atoms with E-state index in [2.05, 4.69) is 22.0 Å². The van der Waals surface area contributed by atoms with E-state index in [0.717, 1.165) is 5.56 Å². The number of nitrogens with one attached hydrogen (secondary N) is 2. The van der Waals surface area contributed by atoms with Gasteiger partial charge in [-0.15, -0.1) is 0 Å². The lowest BCUT2D eigenvalue weighted by Gasteiger charge is -2.01. The highest BCUT2D eigenvalue weighted by Gasteiger charge is 2.11. The lowest BCUT2D eigenvalue weighted by molar-refractivity contribution is 0.0708. The molecule has 0 aliphatic carbocycles. The molecule has 3 aromatic rings. The minimum absolute atomic E-state index is 0.320. The number of carbonyl (C=O) groups is 1. The summed E-state index contributed by atoms with van der Waals surface area (Å²) in [6.07, 6.45) is 1.54. The van der Waals surface area contributed by atoms with Gasteiger partial charge in [-0.25, -0.2) is 5.48 Å². The summed E-state index contributed by atoms with van der Waals surface area (Å²) in [4.78, 5) is 11.7. The first kappa shape index (κ1) is 12.9. The van der Waals surface area contributed by atoms with Gasteiger partial charge in [0.05, 0.1) is 17.3 Å². The molecule has 5 heteroatoms. The first-order chi connectivity index (χ1) is 10.3. The second kappa shape index (κ2) is 5.49. The summed E-state index contributed by atoms with van der Waals surface area (Å²) in [6.45, 7) is 0. The Bertz CT molecular complexity index is 857. The Balaban J connectivity index is 2.08. The minimum atomic E-state index is -0.593. The lowest BCUT2D eigenvalue weighted by atomic mass is 10.1. The van der Waals surface area contributed by atoms with E-state index in [-0.39, 0.29) is 0 Å². The molecule has 0 aliphatic heterocycles. The van der Waals surface area contributed by atoms with Crippen molar-refractivity contribution < 1.29 is 10.0 Å². The van der Waals surface area contributed by atoms with Crippen LogP contribution in [0.5, 0.6) is 0 Å². The number of nitrogens with zero attached hydrogens (tertiary/aromatic N) is 1. The molecule has 1 aromatic heterocycles. The Kier molecular flexibility index (Phi) is 3.37. The molecule has 0 spiro atoms.